The van der Waals surface area contributed by atoms with Gasteiger partial charge in [0.15, 0.2) is 0 Å². The van der Waals surface area contributed by atoms with Crippen LogP contribution in [0.2, 0.25) is 0 Å². The predicted molar refractivity (Wildman–Crippen MR) is 80.0 cm³/mol. The molecule has 0 unspecified atom stereocenters. The molecule has 3 aromatic rings. The maximum atomic E-state index is 5.53. The third-order valence-corrected chi connectivity index (χ3v) is 3.42. The maximum Gasteiger partial charge on any atom is 0.0522 e. The zero-order valence-corrected chi connectivity index (χ0v) is 10.6. The van der Waals surface area contributed by atoms with Crippen molar-refractivity contribution in [3.8, 4) is 0 Å². The average molecular weight is 247 g/mol. The fourth-order valence-electron chi connectivity index (χ4n) is 2.01. The minimum atomic E-state index is 0.873. The molecule has 18 heavy (non-hydrogen) atoms. The molecule has 0 nitrogen and oxygen atoms in total. The molecular weight excluding hydrogens is 236 g/mol. The van der Waals surface area contributed by atoms with Gasteiger partial charge in [-0.2, -0.15) is 0 Å². The van der Waals surface area contributed by atoms with Gasteiger partial charge < -0.3 is 0 Å². The Kier molecular flexibility index (Phi) is 2.91. The molecule has 0 aliphatic rings. The molecule has 85 valence electrons. The van der Waals surface area contributed by atoms with Crippen molar-refractivity contribution >= 4 is 27.9 Å². The van der Waals surface area contributed by atoms with Crippen LogP contribution in [0, 0.1) is 6.07 Å². The predicted octanol–water partition coefficient (Wildman–Crippen LogP) is 4.41. The summed E-state index contributed by atoms with van der Waals surface area (Å²) in [6, 6.07) is 25.7. The van der Waals surface area contributed by atoms with Crippen molar-refractivity contribution in [2.24, 2.45) is 0 Å². The van der Waals surface area contributed by atoms with Crippen LogP contribution in [0.1, 0.15) is 11.1 Å². The molecule has 0 spiro atoms. The van der Waals surface area contributed by atoms with Gasteiger partial charge in [-0.05, 0) is 40.1 Å². The van der Waals surface area contributed by atoms with Crippen LogP contribution in [0.15, 0.2) is 66.7 Å². The van der Waals surface area contributed by atoms with Gasteiger partial charge in [-0.25, -0.2) is 0 Å². The number of rotatable bonds is 2. The summed E-state index contributed by atoms with van der Waals surface area (Å²) in [5.41, 5.74) is 2.13. The number of hydrogen-bond acceptors (Lipinski definition) is 1. The van der Waals surface area contributed by atoms with Gasteiger partial charge in [0, 0.05) is 0 Å². The summed E-state index contributed by atoms with van der Waals surface area (Å²) in [5, 5.41) is 2.30. The summed E-state index contributed by atoms with van der Waals surface area (Å²) in [7, 11) is 0. The van der Waals surface area contributed by atoms with E-state index in [-0.39, 0.29) is 0 Å². The maximum absolute atomic E-state index is 5.53. The number of benzene rings is 3. The van der Waals surface area contributed by atoms with Gasteiger partial charge in [0.1, 0.15) is 0 Å². The van der Waals surface area contributed by atoms with Crippen molar-refractivity contribution in [3.05, 3.63) is 83.9 Å². The van der Waals surface area contributed by atoms with Crippen LogP contribution in [0.4, 0.5) is 0 Å². The zero-order valence-electron chi connectivity index (χ0n) is 9.76. The van der Waals surface area contributed by atoms with Gasteiger partial charge in [0.25, 0.3) is 0 Å². The molecule has 0 aromatic heterocycles. The molecule has 0 heterocycles. The van der Waals surface area contributed by atoms with Crippen molar-refractivity contribution in [2.75, 3.05) is 0 Å². The first-order chi connectivity index (χ1) is 8.84. The lowest BCUT2D eigenvalue weighted by atomic mass is 10.0. The standard InChI is InChI=1S/C17H11S/c18-17(14-7-2-1-3-8-14)16-11-10-13-6-4-5-9-15(13)12-16/h1-9,11-12H. The van der Waals surface area contributed by atoms with Crippen molar-refractivity contribution in [1.82, 2.24) is 0 Å². The number of hydrogen-bond donors (Lipinski definition) is 0. The summed E-state index contributed by atoms with van der Waals surface area (Å²) in [5.74, 6) is 0. The van der Waals surface area contributed by atoms with E-state index in [9.17, 15) is 0 Å². The van der Waals surface area contributed by atoms with Crippen LogP contribution in [0.5, 0.6) is 0 Å². The Morgan fingerprint density at radius 2 is 1.56 bits per heavy atom. The molecule has 0 saturated heterocycles. The highest BCUT2D eigenvalue weighted by Crippen LogP contribution is 2.18. The quantitative estimate of drug-likeness (QED) is 0.477. The first-order valence-corrected chi connectivity index (χ1v) is 6.26. The fourth-order valence-corrected chi connectivity index (χ4v) is 2.26. The van der Waals surface area contributed by atoms with Crippen LogP contribution in [-0.2, 0) is 0 Å². The van der Waals surface area contributed by atoms with E-state index in [0.717, 1.165) is 21.4 Å². The minimum absolute atomic E-state index is 0.873. The summed E-state index contributed by atoms with van der Waals surface area (Å²) in [6.07, 6.45) is 0. The van der Waals surface area contributed by atoms with Gasteiger partial charge in [-0.1, -0.05) is 66.8 Å². The van der Waals surface area contributed by atoms with Gasteiger partial charge in [0.05, 0.1) is 4.86 Å². The Bertz CT molecular complexity index is 699. The van der Waals surface area contributed by atoms with E-state index in [0.29, 0.717) is 0 Å². The Morgan fingerprint density at radius 3 is 2.39 bits per heavy atom. The molecule has 1 radical (unpaired) electrons. The van der Waals surface area contributed by atoms with Crippen LogP contribution in [-0.4, -0.2) is 4.86 Å². The molecule has 1 heteroatoms. The summed E-state index contributed by atoms with van der Waals surface area (Å²) in [6.45, 7) is 0. The topological polar surface area (TPSA) is 0 Å². The van der Waals surface area contributed by atoms with E-state index in [1.165, 1.54) is 5.39 Å². The van der Waals surface area contributed by atoms with E-state index in [2.05, 4.69) is 24.3 Å². The first-order valence-electron chi connectivity index (χ1n) is 5.85. The average Bonchev–Trinajstić information content (AvgIpc) is 2.47. The zero-order chi connectivity index (χ0) is 12.4. The molecule has 0 N–H and O–H groups in total. The second-order valence-corrected chi connectivity index (χ2v) is 4.58. The van der Waals surface area contributed by atoms with Crippen molar-refractivity contribution in [2.45, 2.75) is 0 Å². The third-order valence-electron chi connectivity index (χ3n) is 2.95. The highest BCUT2D eigenvalue weighted by atomic mass is 32.1. The highest BCUT2D eigenvalue weighted by molar-refractivity contribution is 7.81. The van der Waals surface area contributed by atoms with E-state index in [4.69, 9.17) is 12.2 Å². The van der Waals surface area contributed by atoms with E-state index in [1.54, 1.807) is 0 Å². The SMILES string of the molecule is S=C(c1ccccc1)c1c[c]c2ccccc2c1. The molecule has 3 rings (SSSR count). The Balaban J connectivity index is 2.07. The monoisotopic (exact) mass is 247 g/mol. The molecule has 0 aliphatic carbocycles. The van der Waals surface area contributed by atoms with E-state index in [1.807, 2.05) is 48.5 Å². The molecular formula is C17H11S. The largest absolute Gasteiger partial charge is 0.0788 e. The third kappa shape index (κ3) is 2.05. The summed E-state index contributed by atoms with van der Waals surface area (Å²) in [4.78, 5) is 0.873. The van der Waals surface area contributed by atoms with E-state index < -0.39 is 0 Å². The van der Waals surface area contributed by atoms with Gasteiger partial charge in [0.2, 0.25) is 0 Å². The lowest BCUT2D eigenvalue weighted by Gasteiger charge is -2.05. The van der Waals surface area contributed by atoms with Crippen LogP contribution in [0.25, 0.3) is 10.8 Å². The molecule has 0 saturated carbocycles. The highest BCUT2D eigenvalue weighted by Gasteiger charge is 2.04. The summed E-state index contributed by atoms with van der Waals surface area (Å²) < 4.78 is 0. The molecule has 0 bridgehead atoms. The van der Waals surface area contributed by atoms with Crippen LogP contribution in [0.3, 0.4) is 0 Å². The van der Waals surface area contributed by atoms with E-state index >= 15 is 0 Å². The molecule has 0 aliphatic heterocycles. The Hall–Kier alpha value is -1.99. The second-order valence-electron chi connectivity index (χ2n) is 4.17. The fraction of sp³-hybridized carbons (Fsp3) is 0. The lowest BCUT2D eigenvalue weighted by molar-refractivity contribution is 1.64. The molecule has 0 amide bonds. The van der Waals surface area contributed by atoms with Gasteiger partial charge in [-0.15, -0.1) is 0 Å². The van der Waals surface area contributed by atoms with Crippen LogP contribution < -0.4 is 0 Å². The van der Waals surface area contributed by atoms with Gasteiger partial charge >= 0.3 is 0 Å². The summed E-state index contributed by atoms with van der Waals surface area (Å²) >= 11 is 5.53. The number of thiocarbonyl (C=S) groups is 1. The first kappa shape index (κ1) is 11.1. The van der Waals surface area contributed by atoms with Crippen molar-refractivity contribution in [1.29, 1.82) is 0 Å². The number of fused-ring (bicyclic) bond motifs is 1. The molecule has 0 fully saturated rings. The lowest BCUT2D eigenvalue weighted by Crippen LogP contribution is -1.98. The smallest absolute Gasteiger partial charge is 0.0522 e. The normalized spacial score (nSPS) is 10.4. The Morgan fingerprint density at radius 1 is 0.833 bits per heavy atom. The van der Waals surface area contributed by atoms with Crippen molar-refractivity contribution in [3.63, 3.8) is 0 Å². The van der Waals surface area contributed by atoms with Gasteiger partial charge in [-0.3, -0.25) is 0 Å². The Labute approximate surface area is 112 Å². The minimum Gasteiger partial charge on any atom is -0.0788 e. The second kappa shape index (κ2) is 4.71. The van der Waals surface area contributed by atoms with Crippen molar-refractivity contribution < 1.29 is 0 Å². The van der Waals surface area contributed by atoms with Crippen LogP contribution >= 0.6 is 12.2 Å². The molecule has 0 atom stereocenters. The molecule has 3 aromatic carbocycles.